The molecule has 2 rings (SSSR count). The molecule has 0 spiro atoms. The Hall–Kier alpha value is -0.880. The summed E-state index contributed by atoms with van der Waals surface area (Å²) in [5.74, 6) is -0.460. The number of fused-ring (bicyclic) bond motifs is 1. The number of rotatable bonds is 1. The second-order valence-electron chi connectivity index (χ2n) is 3.20. The highest BCUT2D eigenvalue weighted by molar-refractivity contribution is 9.10. The molecule has 0 bridgehead atoms. The van der Waals surface area contributed by atoms with E-state index in [4.69, 9.17) is 0 Å². The summed E-state index contributed by atoms with van der Waals surface area (Å²) in [5, 5.41) is 0.675. The summed E-state index contributed by atoms with van der Waals surface area (Å²) in [7, 11) is -3.43. The molecule has 0 aliphatic carbocycles. The molecule has 1 heterocycles. The van der Waals surface area contributed by atoms with Gasteiger partial charge in [-0.25, -0.2) is 16.8 Å². The van der Waals surface area contributed by atoms with Crippen molar-refractivity contribution < 1.29 is 12.8 Å². The van der Waals surface area contributed by atoms with Crippen LogP contribution in [0.3, 0.4) is 0 Å². The molecule has 0 aliphatic heterocycles. The zero-order valence-corrected chi connectivity index (χ0v) is 10.1. The van der Waals surface area contributed by atoms with Crippen molar-refractivity contribution >= 4 is 36.9 Å². The molecule has 1 aromatic heterocycles. The van der Waals surface area contributed by atoms with E-state index in [-0.39, 0.29) is 0 Å². The van der Waals surface area contributed by atoms with Crippen LogP contribution in [0.2, 0.25) is 0 Å². The maximum atomic E-state index is 13.0. The van der Waals surface area contributed by atoms with Gasteiger partial charge in [0.1, 0.15) is 10.4 Å². The lowest BCUT2D eigenvalue weighted by molar-refractivity contribution is 0.594. The smallest absolute Gasteiger partial charge is 0.231 e. The fraction of sp³-hybridized carbons (Fsp3) is 0.111. The molecule has 0 amide bonds. The average molecular weight is 292 g/mol. The maximum absolute atomic E-state index is 13.0. The Morgan fingerprint density at radius 2 is 2.00 bits per heavy atom. The van der Waals surface area contributed by atoms with Crippen molar-refractivity contribution in [1.82, 2.24) is 3.97 Å². The molecule has 0 N–H and O–H groups in total. The van der Waals surface area contributed by atoms with E-state index < -0.39 is 15.8 Å². The van der Waals surface area contributed by atoms with Crippen molar-refractivity contribution in [3.63, 3.8) is 0 Å². The lowest BCUT2D eigenvalue weighted by atomic mass is 10.2. The Morgan fingerprint density at radius 1 is 1.33 bits per heavy atom. The van der Waals surface area contributed by atoms with Crippen molar-refractivity contribution in [1.29, 1.82) is 0 Å². The summed E-state index contributed by atoms with van der Waals surface area (Å²) < 4.78 is 37.3. The van der Waals surface area contributed by atoms with E-state index >= 15 is 0 Å². The van der Waals surface area contributed by atoms with Crippen LogP contribution in [0, 0.1) is 5.82 Å². The third-order valence-corrected chi connectivity index (χ3v) is 3.89. The zero-order valence-electron chi connectivity index (χ0n) is 7.74. The van der Waals surface area contributed by atoms with Gasteiger partial charge in [0.25, 0.3) is 0 Å². The molecule has 0 radical (unpaired) electrons. The van der Waals surface area contributed by atoms with Crippen LogP contribution in [-0.2, 0) is 10.0 Å². The van der Waals surface area contributed by atoms with Crippen molar-refractivity contribution in [2.24, 2.45) is 0 Å². The van der Waals surface area contributed by atoms with Crippen LogP contribution in [0.25, 0.3) is 10.9 Å². The van der Waals surface area contributed by atoms with Crippen molar-refractivity contribution in [3.8, 4) is 0 Å². The predicted octanol–water partition coefficient (Wildman–Crippen LogP) is 2.35. The molecular weight excluding hydrogens is 285 g/mol. The van der Waals surface area contributed by atoms with Gasteiger partial charge in [-0.2, -0.15) is 0 Å². The van der Waals surface area contributed by atoms with Gasteiger partial charge in [-0.15, -0.1) is 0 Å². The van der Waals surface area contributed by atoms with Gasteiger partial charge in [-0.1, -0.05) is 0 Å². The molecule has 0 saturated heterocycles. The molecule has 15 heavy (non-hydrogen) atoms. The fourth-order valence-electron chi connectivity index (χ4n) is 1.45. The van der Waals surface area contributed by atoms with Gasteiger partial charge in [0, 0.05) is 5.39 Å². The van der Waals surface area contributed by atoms with Crippen LogP contribution < -0.4 is 0 Å². The van der Waals surface area contributed by atoms with E-state index in [1.807, 2.05) is 0 Å². The summed E-state index contributed by atoms with van der Waals surface area (Å²) in [6.45, 7) is 0. The highest BCUT2D eigenvalue weighted by Gasteiger charge is 2.14. The Balaban J connectivity index is 2.95. The molecular formula is C9H7BrFNO2S. The molecule has 3 nitrogen and oxygen atoms in total. The first kappa shape index (κ1) is 10.6. The zero-order chi connectivity index (χ0) is 11.2. The van der Waals surface area contributed by atoms with E-state index in [0.717, 1.165) is 10.2 Å². The van der Waals surface area contributed by atoms with Gasteiger partial charge in [0.2, 0.25) is 10.0 Å². The van der Waals surface area contributed by atoms with Crippen molar-refractivity contribution in [2.75, 3.05) is 6.26 Å². The van der Waals surface area contributed by atoms with Gasteiger partial charge >= 0.3 is 0 Å². The van der Waals surface area contributed by atoms with Crippen LogP contribution in [-0.4, -0.2) is 18.6 Å². The molecule has 0 fully saturated rings. The molecule has 80 valence electrons. The number of halogens is 2. The third kappa shape index (κ3) is 1.79. The van der Waals surface area contributed by atoms with E-state index in [2.05, 4.69) is 15.9 Å². The second kappa shape index (κ2) is 3.31. The second-order valence-corrected chi connectivity index (χ2v) is 5.84. The van der Waals surface area contributed by atoms with Crippen LogP contribution in [0.5, 0.6) is 0 Å². The SMILES string of the molecule is CS(=O)(=O)n1c(Br)cc2ccc(F)cc21. The third-order valence-electron chi connectivity index (χ3n) is 2.01. The summed E-state index contributed by atoms with van der Waals surface area (Å²) >= 11 is 3.13. The first-order valence-electron chi connectivity index (χ1n) is 4.06. The van der Waals surface area contributed by atoms with Gasteiger partial charge < -0.3 is 0 Å². The van der Waals surface area contributed by atoms with Crippen LogP contribution in [0.15, 0.2) is 28.9 Å². The average Bonchev–Trinajstić information content (AvgIpc) is 2.38. The lowest BCUT2D eigenvalue weighted by Crippen LogP contribution is -2.09. The maximum Gasteiger partial charge on any atom is 0.237 e. The van der Waals surface area contributed by atoms with E-state index in [9.17, 15) is 12.8 Å². The van der Waals surface area contributed by atoms with Crippen LogP contribution >= 0.6 is 15.9 Å². The van der Waals surface area contributed by atoms with E-state index in [1.165, 1.54) is 18.2 Å². The Kier molecular flexibility index (Phi) is 2.35. The summed E-state index contributed by atoms with van der Waals surface area (Å²) in [5.41, 5.74) is 0.337. The number of hydrogen-bond donors (Lipinski definition) is 0. The Labute approximate surface area is 94.7 Å². The first-order valence-corrected chi connectivity index (χ1v) is 6.71. The largest absolute Gasteiger partial charge is 0.237 e. The molecule has 0 aliphatic rings. The topological polar surface area (TPSA) is 39.1 Å². The molecule has 0 atom stereocenters. The normalized spacial score (nSPS) is 12.2. The number of hydrogen-bond acceptors (Lipinski definition) is 2. The monoisotopic (exact) mass is 291 g/mol. The molecule has 2 aromatic rings. The molecule has 0 saturated carbocycles. The first-order chi connectivity index (χ1) is 6.89. The number of nitrogens with zero attached hydrogens (tertiary/aromatic N) is 1. The summed E-state index contributed by atoms with van der Waals surface area (Å²) in [4.78, 5) is 0. The fourth-order valence-corrected chi connectivity index (χ4v) is 3.57. The summed E-state index contributed by atoms with van der Waals surface area (Å²) in [6, 6.07) is 5.66. The van der Waals surface area contributed by atoms with E-state index in [0.29, 0.717) is 15.5 Å². The van der Waals surface area contributed by atoms with Gasteiger partial charge in [-0.05, 0) is 40.2 Å². The standard InChI is InChI=1S/C9H7BrFNO2S/c1-15(13,14)12-8-5-7(11)3-2-6(8)4-9(12)10/h2-5H,1H3. The van der Waals surface area contributed by atoms with Crippen molar-refractivity contribution in [3.05, 3.63) is 34.7 Å². The minimum absolute atomic E-state index is 0.337. The van der Waals surface area contributed by atoms with Gasteiger partial charge in [0.05, 0.1) is 11.8 Å². The van der Waals surface area contributed by atoms with E-state index in [1.54, 1.807) is 6.07 Å². The predicted molar refractivity (Wildman–Crippen MR) is 59.8 cm³/mol. The highest BCUT2D eigenvalue weighted by Crippen LogP contribution is 2.26. The minimum Gasteiger partial charge on any atom is -0.231 e. The quantitative estimate of drug-likeness (QED) is 0.809. The number of benzene rings is 1. The summed E-state index contributed by atoms with van der Waals surface area (Å²) in [6.07, 6.45) is 1.07. The highest BCUT2D eigenvalue weighted by atomic mass is 79.9. The van der Waals surface area contributed by atoms with Crippen LogP contribution in [0.1, 0.15) is 0 Å². The lowest BCUT2D eigenvalue weighted by Gasteiger charge is -2.03. The van der Waals surface area contributed by atoms with Gasteiger partial charge in [0.15, 0.2) is 0 Å². The van der Waals surface area contributed by atoms with Crippen molar-refractivity contribution in [2.45, 2.75) is 0 Å². The molecule has 6 heteroatoms. The molecule has 0 unspecified atom stereocenters. The number of aromatic nitrogens is 1. The Bertz CT molecular complexity index is 633. The molecule has 1 aromatic carbocycles. The van der Waals surface area contributed by atoms with Gasteiger partial charge in [-0.3, -0.25) is 0 Å². The van der Waals surface area contributed by atoms with Crippen LogP contribution in [0.4, 0.5) is 4.39 Å². The Morgan fingerprint density at radius 3 is 2.60 bits per heavy atom. The minimum atomic E-state index is -3.43.